The third-order valence-electron chi connectivity index (χ3n) is 3.75. The van der Waals surface area contributed by atoms with Crippen LogP contribution in [0.2, 0.25) is 0 Å². The van der Waals surface area contributed by atoms with E-state index in [0.29, 0.717) is 0 Å². The van der Waals surface area contributed by atoms with Crippen molar-refractivity contribution in [2.24, 2.45) is 0 Å². The van der Waals surface area contributed by atoms with Crippen LogP contribution in [0, 0.1) is 5.41 Å². The molecule has 1 aliphatic rings. The van der Waals surface area contributed by atoms with Gasteiger partial charge in [-0.1, -0.05) is 69.6 Å². The van der Waals surface area contributed by atoms with Crippen LogP contribution in [-0.2, 0) is 42.9 Å². The minimum Gasteiger partial charge on any atom is -0.463 e. The first kappa shape index (κ1) is 30.1. The van der Waals surface area contributed by atoms with E-state index in [1.165, 1.54) is 0 Å². The van der Waals surface area contributed by atoms with Crippen LogP contribution in [0.25, 0.3) is 0 Å². The van der Waals surface area contributed by atoms with Crippen molar-refractivity contribution in [3.05, 3.63) is 0 Å². The van der Waals surface area contributed by atoms with E-state index in [0.717, 1.165) is 20.8 Å². The Labute approximate surface area is 217 Å². The summed E-state index contributed by atoms with van der Waals surface area (Å²) in [6, 6.07) is -1.57. The third kappa shape index (κ3) is 9.67. The predicted molar refractivity (Wildman–Crippen MR) is 118 cm³/mol. The van der Waals surface area contributed by atoms with Crippen LogP contribution in [0.4, 0.5) is 0 Å². The monoisotopic (exact) mass is 592 g/mol. The zero-order valence-electron chi connectivity index (χ0n) is 17.0. The average molecular weight is 595 g/mol. The number of rotatable bonds is 6. The smallest absolute Gasteiger partial charge is 0.303 e. The summed E-state index contributed by atoms with van der Waals surface area (Å²) in [4.78, 5) is 47.2. The molecule has 0 aliphatic carbocycles. The topological polar surface area (TPSA) is 150 Å². The van der Waals surface area contributed by atoms with Gasteiger partial charge in [0.05, 0.1) is 0 Å². The maximum atomic E-state index is 12.4. The molecule has 1 saturated heterocycles. The molecule has 0 unspecified atom stereocenters. The third-order valence-corrected chi connectivity index (χ3v) is 4.78. The number of nitrogens with one attached hydrogen (secondary N) is 2. The molecule has 188 valence electrons. The number of carbonyl (C=O) groups is 4. The molecule has 33 heavy (non-hydrogen) atoms. The van der Waals surface area contributed by atoms with Crippen LogP contribution in [0.3, 0.4) is 0 Å². The zero-order valence-corrected chi connectivity index (χ0v) is 21.6. The van der Waals surface area contributed by atoms with Gasteiger partial charge in [-0.2, -0.15) is 0 Å². The first-order chi connectivity index (χ1) is 14.9. The lowest BCUT2D eigenvalue weighted by Gasteiger charge is -2.45. The molecule has 11 nitrogen and oxygen atoms in total. The summed E-state index contributed by atoms with van der Waals surface area (Å²) in [6.07, 6.45) is -6.06. The summed E-state index contributed by atoms with van der Waals surface area (Å²) in [5.41, 5.74) is 0. The van der Waals surface area contributed by atoms with Gasteiger partial charge in [-0.3, -0.25) is 24.6 Å². The summed E-state index contributed by atoms with van der Waals surface area (Å²) < 4.78 is 21.3. The fraction of sp³-hybridized carbons (Fsp3) is 0.688. The number of carbonyl (C=O) groups excluding carboxylic acids is 4. The molecule has 0 bridgehead atoms. The highest BCUT2D eigenvalue weighted by atomic mass is 35.6. The Hall–Kier alpha value is -0.950. The van der Waals surface area contributed by atoms with Crippen LogP contribution in [-0.4, -0.2) is 74.5 Å². The molecule has 5 atom stereocenters. The van der Waals surface area contributed by atoms with Gasteiger partial charge in [0, 0.05) is 20.8 Å². The van der Waals surface area contributed by atoms with Crippen LogP contribution in [0.1, 0.15) is 20.8 Å². The van der Waals surface area contributed by atoms with Crippen molar-refractivity contribution in [3.63, 3.8) is 0 Å². The molecule has 0 aromatic rings. The zero-order chi connectivity index (χ0) is 25.7. The Kier molecular flexibility index (Phi) is 11.1. The van der Waals surface area contributed by atoms with Crippen LogP contribution >= 0.6 is 69.6 Å². The van der Waals surface area contributed by atoms with Crippen molar-refractivity contribution in [2.75, 3.05) is 6.61 Å². The summed E-state index contributed by atoms with van der Waals surface area (Å²) >= 11 is 33.7. The number of esters is 3. The molecule has 0 radical (unpaired) electrons. The first-order valence-electron chi connectivity index (χ1n) is 8.76. The number of hydrogen-bond acceptors (Lipinski definition) is 10. The highest BCUT2D eigenvalue weighted by Gasteiger charge is 2.54. The van der Waals surface area contributed by atoms with Gasteiger partial charge < -0.3 is 29.0 Å². The van der Waals surface area contributed by atoms with E-state index in [2.05, 4.69) is 5.32 Å². The van der Waals surface area contributed by atoms with Gasteiger partial charge in [0.1, 0.15) is 18.8 Å². The fourth-order valence-electron chi connectivity index (χ4n) is 2.57. The lowest BCUT2D eigenvalue weighted by molar-refractivity contribution is -0.260. The number of amides is 1. The standard InChI is InChI=1S/C16H18Cl6N2O9/c1-5(25)29-4-8-10(30-6(2)26)11(31-7(3)27)9(24-14(28)16(20,21)22)12(32-8)33-13(23)15(17,18)19/h8-12,23H,4H2,1-3H3,(H,24,28)/t8-,9-,10+,11-,12+/m1/s1. The summed E-state index contributed by atoms with van der Waals surface area (Å²) in [5, 5.41) is 10.0. The minimum absolute atomic E-state index is 0.517. The van der Waals surface area contributed by atoms with E-state index in [1.807, 2.05) is 0 Å². The number of halogens is 6. The van der Waals surface area contributed by atoms with Crippen molar-refractivity contribution in [1.29, 1.82) is 5.41 Å². The Bertz CT molecular complexity index is 785. The van der Waals surface area contributed by atoms with Crippen molar-refractivity contribution < 1.29 is 42.9 Å². The largest absolute Gasteiger partial charge is 0.463 e. The second kappa shape index (κ2) is 12.1. The molecule has 1 heterocycles. The number of hydrogen-bond donors (Lipinski definition) is 2. The van der Waals surface area contributed by atoms with Crippen LogP contribution < -0.4 is 5.32 Å². The van der Waals surface area contributed by atoms with Gasteiger partial charge >= 0.3 is 17.9 Å². The van der Waals surface area contributed by atoms with Crippen LogP contribution in [0.15, 0.2) is 0 Å². The highest BCUT2D eigenvalue weighted by Crippen LogP contribution is 2.34. The Morgan fingerprint density at radius 3 is 1.79 bits per heavy atom. The average Bonchev–Trinajstić information content (AvgIpc) is 2.62. The quantitative estimate of drug-likeness (QED) is 0.155. The van der Waals surface area contributed by atoms with Crippen molar-refractivity contribution in [1.82, 2.24) is 5.32 Å². The SMILES string of the molecule is CC(=O)OC[C@H]1O[C@@H](OC(=N)C(Cl)(Cl)Cl)[C@H](NC(=O)C(Cl)(Cl)Cl)[C@@H](OC(C)=O)[C@H]1OC(C)=O. The van der Waals surface area contributed by atoms with Gasteiger partial charge in [-0.15, -0.1) is 0 Å². The predicted octanol–water partition coefficient (Wildman–Crippen LogP) is 2.36. The molecule has 1 fully saturated rings. The Morgan fingerprint density at radius 1 is 0.848 bits per heavy atom. The van der Waals surface area contributed by atoms with E-state index in [4.69, 9.17) is 98.7 Å². The van der Waals surface area contributed by atoms with Crippen molar-refractivity contribution in [2.45, 2.75) is 59.0 Å². The molecular formula is C16H18Cl6N2O9. The molecular weight excluding hydrogens is 577 g/mol. The molecule has 1 rings (SSSR count). The second-order valence-corrected chi connectivity index (χ2v) is 11.0. The normalized spacial score (nSPS) is 25.4. The molecule has 2 N–H and O–H groups in total. The minimum atomic E-state index is -2.49. The molecule has 0 spiro atoms. The lowest BCUT2D eigenvalue weighted by Crippen LogP contribution is -2.68. The van der Waals surface area contributed by atoms with Crippen LogP contribution in [0.5, 0.6) is 0 Å². The lowest BCUT2D eigenvalue weighted by atomic mass is 9.96. The van der Waals surface area contributed by atoms with E-state index >= 15 is 0 Å². The molecule has 17 heteroatoms. The van der Waals surface area contributed by atoms with Gasteiger partial charge in [0.2, 0.25) is 12.2 Å². The molecule has 1 aliphatic heterocycles. The van der Waals surface area contributed by atoms with Gasteiger partial charge in [-0.05, 0) is 0 Å². The number of alkyl halides is 6. The Morgan fingerprint density at radius 2 is 1.36 bits per heavy atom. The van der Waals surface area contributed by atoms with Gasteiger partial charge in [-0.25, -0.2) is 0 Å². The van der Waals surface area contributed by atoms with E-state index in [-0.39, 0.29) is 0 Å². The first-order valence-corrected chi connectivity index (χ1v) is 11.0. The van der Waals surface area contributed by atoms with Crippen molar-refractivity contribution >= 4 is 99.3 Å². The van der Waals surface area contributed by atoms with Crippen molar-refractivity contribution in [3.8, 4) is 0 Å². The van der Waals surface area contributed by atoms with Gasteiger partial charge in [0.15, 0.2) is 12.2 Å². The second-order valence-electron chi connectivity index (χ2n) is 6.44. The Balaban J connectivity index is 3.50. The van der Waals surface area contributed by atoms with E-state index < -0.39 is 74.5 Å². The summed E-state index contributed by atoms with van der Waals surface area (Å²) in [5.74, 6) is -4.61. The molecule has 0 aromatic heterocycles. The summed E-state index contributed by atoms with van der Waals surface area (Å²) in [7, 11) is 0. The van der Waals surface area contributed by atoms with E-state index in [9.17, 15) is 19.2 Å². The molecule has 0 saturated carbocycles. The molecule has 1 amide bonds. The fourth-order valence-corrected chi connectivity index (χ4v) is 2.87. The number of ether oxygens (including phenoxy) is 5. The van der Waals surface area contributed by atoms with E-state index in [1.54, 1.807) is 0 Å². The van der Waals surface area contributed by atoms with Gasteiger partial charge in [0.25, 0.3) is 13.5 Å². The maximum Gasteiger partial charge on any atom is 0.303 e. The maximum absolute atomic E-state index is 12.4. The highest BCUT2D eigenvalue weighted by molar-refractivity contribution is 6.76. The molecule has 0 aromatic carbocycles. The summed E-state index contributed by atoms with van der Waals surface area (Å²) in [6.45, 7) is 2.65.